The van der Waals surface area contributed by atoms with Crippen molar-refractivity contribution < 1.29 is 19.8 Å². The van der Waals surface area contributed by atoms with Crippen LogP contribution in [-0.4, -0.2) is 28.2 Å². The third-order valence-corrected chi connectivity index (χ3v) is 3.17. The van der Waals surface area contributed by atoms with Gasteiger partial charge in [0.15, 0.2) is 0 Å². The van der Waals surface area contributed by atoms with E-state index in [1.54, 1.807) is 42.5 Å². The van der Waals surface area contributed by atoms with Crippen molar-refractivity contribution >= 4 is 11.9 Å². The molecule has 0 radical (unpaired) electrons. The fourth-order valence-electron chi connectivity index (χ4n) is 2.13. The van der Waals surface area contributed by atoms with Gasteiger partial charge in [0.1, 0.15) is 6.04 Å². The average molecular weight is 285 g/mol. The molecule has 0 saturated carbocycles. The second-order valence-electron chi connectivity index (χ2n) is 4.70. The first-order chi connectivity index (χ1) is 9.99. The molecule has 2 aromatic rings. The zero-order chi connectivity index (χ0) is 15.4. The lowest BCUT2D eigenvalue weighted by Gasteiger charge is -2.10. The first-order valence-corrected chi connectivity index (χ1v) is 6.39. The van der Waals surface area contributed by atoms with E-state index in [4.69, 9.17) is 10.8 Å². The minimum absolute atomic E-state index is 0.193. The second-order valence-corrected chi connectivity index (χ2v) is 4.70. The van der Waals surface area contributed by atoms with Crippen LogP contribution in [0.15, 0.2) is 48.5 Å². The molecule has 0 fully saturated rings. The van der Waals surface area contributed by atoms with Gasteiger partial charge in [-0.3, -0.25) is 4.79 Å². The van der Waals surface area contributed by atoms with E-state index in [-0.39, 0.29) is 12.0 Å². The summed E-state index contributed by atoms with van der Waals surface area (Å²) in [6.07, 6.45) is 0.193. The molecule has 0 aliphatic heterocycles. The highest BCUT2D eigenvalue weighted by atomic mass is 16.4. The molecule has 5 nitrogen and oxygen atoms in total. The molecule has 21 heavy (non-hydrogen) atoms. The Labute approximate surface area is 121 Å². The van der Waals surface area contributed by atoms with Gasteiger partial charge in [-0.05, 0) is 29.2 Å². The summed E-state index contributed by atoms with van der Waals surface area (Å²) in [5.41, 5.74) is 7.80. The maximum absolute atomic E-state index is 11.2. The molecule has 0 heterocycles. The van der Waals surface area contributed by atoms with E-state index in [0.29, 0.717) is 5.56 Å². The summed E-state index contributed by atoms with van der Waals surface area (Å²) in [6.45, 7) is 0. The number of nitrogens with two attached hydrogens (primary N) is 1. The number of aromatic carboxylic acids is 1. The van der Waals surface area contributed by atoms with Gasteiger partial charge in [0, 0.05) is 0 Å². The van der Waals surface area contributed by atoms with Gasteiger partial charge >= 0.3 is 11.9 Å². The molecular formula is C16H15NO4. The van der Waals surface area contributed by atoms with E-state index in [2.05, 4.69) is 0 Å². The van der Waals surface area contributed by atoms with Gasteiger partial charge in [-0.25, -0.2) is 4.79 Å². The number of carboxylic acid groups (broad SMARTS) is 2. The molecule has 0 saturated heterocycles. The molecule has 2 aromatic carbocycles. The standard InChI is InChI=1S/C16H15NO4/c17-14(16(20)21)9-10-4-3-5-11(8-10)12-6-1-2-7-13(12)15(18)19/h1-8,14H,9,17H2,(H,18,19)(H,20,21)/t14-/m0/s1. The van der Waals surface area contributed by atoms with Crippen LogP contribution < -0.4 is 5.73 Å². The van der Waals surface area contributed by atoms with Crippen molar-refractivity contribution in [3.05, 3.63) is 59.7 Å². The van der Waals surface area contributed by atoms with Gasteiger partial charge in [-0.2, -0.15) is 0 Å². The fraction of sp³-hybridized carbons (Fsp3) is 0.125. The number of aliphatic carboxylic acids is 1. The zero-order valence-corrected chi connectivity index (χ0v) is 11.2. The molecule has 0 aromatic heterocycles. The Hall–Kier alpha value is -2.66. The maximum atomic E-state index is 11.2. The van der Waals surface area contributed by atoms with E-state index in [0.717, 1.165) is 11.1 Å². The van der Waals surface area contributed by atoms with Crippen LogP contribution in [0.3, 0.4) is 0 Å². The highest BCUT2D eigenvalue weighted by Crippen LogP contribution is 2.25. The highest BCUT2D eigenvalue weighted by molar-refractivity contribution is 5.96. The predicted molar refractivity (Wildman–Crippen MR) is 78.2 cm³/mol. The van der Waals surface area contributed by atoms with Crippen molar-refractivity contribution in [3.63, 3.8) is 0 Å². The zero-order valence-electron chi connectivity index (χ0n) is 11.2. The summed E-state index contributed by atoms with van der Waals surface area (Å²) in [5, 5.41) is 18.1. The van der Waals surface area contributed by atoms with Crippen molar-refractivity contribution in [2.75, 3.05) is 0 Å². The van der Waals surface area contributed by atoms with Crippen LogP contribution >= 0.6 is 0 Å². The van der Waals surface area contributed by atoms with Gasteiger partial charge in [-0.1, -0.05) is 42.5 Å². The second kappa shape index (κ2) is 6.19. The molecule has 0 spiro atoms. The van der Waals surface area contributed by atoms with Crippen molar-refractivity contribution in [1.82, 2.24) is 0 Å². The number of rotatable bonds is 5. The number of benzene rings is 2. The van der Waals surface area contributed by atoms with Gasteiger partial charge in [0.2, 0.25) is 0 Å². The number of carbonyl (C=O) groups is 2. The third-order valence-electron chi connectivity index (χ3n) is 3.17. The Balaban J connectivity index is 2.38. The van der Waals surface area contributed by atoms with Crippen molar-refractivity contribution in [3.8, 4) is 11.1 Å². The van der Waals surface area contributed by atoms with Crippen LogP contribution in [0.5, 0.6) is 0 Å². The maximum Gasteiger partial charge on any atom is 0.336 e. The summed E-state index contributed by atoms with van der Waals surface area (Å²) >= 11 is 0. The largest absolute Gasteiger partial charge is 0.480 e. The smallest absolute Gasteiger partial charge is 0.336 e. The summed E-state index contributed by atoms with van der Waals surface area (Å²) in [6, 6.07) is 12.8. The molecule has 0 aliphatic carbocycles. The van der Waals surface area contributed by atoms with E-state index in [9.17, 15) is 14.7 Å². The van der Waals surface area contributed by atoms with E-state index in [1.165, 1.54) is 6.07 Å². The Morgan fingerprint density at radius 1 is 1.05 bits per heavy atom. The first-order valence-electron chi connectivity index (χ1n) is 6.39. The van der Waals surface area contributed by atoms with Gasteiger partial charge in [0.25, 0.3) is 0 Å². The molecule has 2 rings (SSSR count). The van der Waals surface area contributed by atoms with Gasteiger partial charge < -0.3 is 15.9 Å². The summed E-state index contributed by atoms with van der Waals surface area (Å²) in [7, 11) is 0. The Bertz CT molecular complexity index is 681. The lowest BCUT2D eigenvalue weighted by atomic mass is 9.96. The molecule has 0 aliphatic rings. The molecule has 0 amide bonds. The van der Waals surface area contributed by atoms with Gasteiger partial charge in [-0.15, -0.1) is 0 Å². The van der Waals surface area contributed by atoms with Crippen LogP contribution in [0.2, 0.25) is 0 Å². The molecule has 4 N–H and O–H groups in total. The van der Waals surface area contributed by atoms with Crippen molar-refractivity contribution in [1.29, 1.82) is 0 Å². The topological polar surface area (TPSA) is 101 Å². The molecule has 1 atom stereocenters. The third kappa shape index (κ3) is 3.46. The predicted octanol–water partition coefficient (Wildman–Crippen LogP) is 2.01. The van der Waals surface area contributed by atoms with E-state index < -0.39 is 18.0 Å². The first kappa shape index (κ1) is 14.7. The molecule has 108 valence electrons. The molecule has 0 unspecified atom stereocenters. The minimum Gasteiger partial charge on any atom is -0.480 e. The fourth-order valence-corrected chi connectivity index (χ4v) is 2.13. The number of hydrogen-bond acceptors (Lipinski definition) is 3. The number of hydrogen-bond donors (Lipinski definition) is 3. The molecular weight excluding hydrogens is 270 g/mol. The van der Waals surface area contributed by atoms with Crippen LogP contribution in [0, 0.1) is 0 Å². The molecule has 5 heteroatoms. The Morgan fingerprint density at radius 3 is 2.43 bits per heavy atom. The SMILES string of the molecule is N[C@@H](Cc1cccc(-c2ccccc2C(=O)O)c1)C(=O)O. The highest BCUT2D eigenvalue weighted by Gasteiger charge is 2.14. The van der Waals surface area contributed by atoms with Gasteiger partial charge in [0.05, 0.1) is 5.56 Å². The average Bonchev–Trinajstić information content (AvgIpc) is 2.47. The van der Waals surface area contributed by atoms with E-state index >= 15 is 0 Å². The monoisotopic (exact) mass is 285 g/mol. The lowest BCUT2D eigenvalue weighted by Crippen LogP contribution is -2.32. The van der Waals surface area contributed by atoms with Crippen LogP contribution in [0.4, 0.5) is 0 Å². The lowest BCUT2D eigenvalue weighted by molar-refractivity contribution is -0.138. The van der Waals surface area contributed by atoms with E-state index in [1.807, 2.05) is 0 Å². The summed E-state index contributed by atoms with van der Waals surface area (Å²) < 4.78 is 0. The summed E-state index contributed by atoms with van der Waals surface area (Å²) in [5.74, 6) is -2.07. The Kier molecular flexibility index (Phi) is 4.35. The quantitative estimate of drug-likeness (QED) is 0.780. The van der Waals surface area contributed by atoms with Crippen molar-refractivity contribution in [2.24, 2.45) is 5.73 Å². The van der Waals surface area contributed by atoms with Crippen LogP contribution in [0.25, 0.3) is 11.1 Å². The normalized spacial score (nSPS) is 11.9. The van der Waals surface area contributed by atoms with Crippen LogP contribution in [-0.2, 0) is 11.2 Å². The van der Waals surface area contributed by atoms with Crippen molar-refractivity contribution in [2.45, 2.75) is 12.5 Å². The summed E-state index contributed by atoms with van der Waals surface area (Å²) in [4.78, 5) is 22.0. The Morgan fingerprint density at radius 2 is 1.76 bits per heavy atom. The van der Waals surface area contributed by atoms with Crippen LogP contribution in [0.1, 0.15) is 15.9 Å². The number of carboxylic acids is 2. The minimum atomic E-state index is -1.06. The molecule has 0 bridgehead atoms.